The van der Waals surface area contributed by atoms with Crippen LogP contribution in [0.5, 0.6) is 0 Å². The number of allylic oxidation sites excluding steroid dienone is 2. The Labute approximate surface area is 253 Å². The first-order valence-corrected chi connectivity index (χ1v) is 14.5. The van der Waals surface area contributed by atoms with E-state index in [0.717, 1.165) is 44.5 Å². The average molecular weight is 559 g/mol. The molecule has 0 aliphatic carbocycles. The monoisotopic (exact) mass is 558 g/mol. The zero-order valence-electron chi connectivity index (χ0n) is 27.1. The van der Waals surface area contributed by atoms with Gasteiger partial charge in [0, 0.05) is 0 Å². The van der Waals surface area contributed by atoms with Gasteiger partial charge in [0.05, 0.1) is 34.2 Å². The molecule has 4 heteroatoms. The van der Waals surface area contributed by atoms with Gasteiger partial charge in [-0.25, -0.2) is 20.0 Å². The minimum absolute atomic E-state index is 0.470. The van der Waals surface area contributed by atoms with Gasteiger partial charge in [-0.15, -0.1) is 0 Å². The van der Waals surface area contributed by atoms with Gasteiger partial charge in [0.15, 0.2) is 0 Å². The van der Waals surface area contributed by atoms with E-state index in [9.17, 15) is 0 Å². The lowest BCUT2D eigenvalue weighted by Crippen LogP contribution is -2.19. The number of rotatable bonds is 10. The molecule has 0 saturated heterocycles. The van der Waals surface area contributed by atoms with Crippen molar-refractivity contribution in [1.29, 1.82) is 0 Å². The highest BCUT2D eigenvalue weighted by Crippen LogP contribution is 2.32. The van der Waals surface area contributed by atoms with Crippen LogP contribution in [0.1, 0.15) is 103 Å². The van der Waals surface area contributed by atoms with E-state index < -0.39 is 22.2 Å². The minimum atomic E-state index is -0.528. The molecule has 3 rings (SSSR count). The van der Waals surface area contributed by atoms with Crippen molar-refractivity contribution in [3.8, 4) is 0 Å². The quantitative estimate of drug-likeness (QED) is 0.222. The van der Waals surface area contributed by atoms with Crippen molar-refractivity contribution in [3.63, 3.8) is 0 Å². The van der Waals surface area contributed by atoms with Crippen LogP contribution >= 0.6 is 0 Å². The smallest absolute Gasteiger partial charge is 0.0910 e. The standard InChI is InChI=1S/C38H46N4/c1-27(2)29-16-13-18-31(22-29)35(5,6)39-25-41-37(9,10)33-20-15-21-34(24-33)38(11,12)42-26-40-36(7,8)32-19-14-17-30(23-32)28(3)4/h13-24H,1,3H2,2,4-12H3. The van der Waals surface area contributed by atoms with E-state index >= 15 is 0 Å². The molecule has 0 aliphatic heterocycles. The van der Waals surface area contributed by atoms with Crippen LogP contribution in [0.15, 0.2) is 106 Å². The molecule has 0 unspecified atom stereocenters. The second-order valence-electron chi connectivity index (χ2n) is 13.2. The Morgan fingerprint density at radius 1 is 0.476 bits per heavy atom. The van der Waals surface area contributed by atoms with Gasteiger partial charge >= 0.3 is 0 Å². The second kappa shape index (κ2) is 12.4. The molecule has 0 radical (unpaired) electrons. The highest BCUT2D eigenvalue weighted by Gasteiger charge is 2.25. The molecule has 0 bridgehead atoms. The molecule has 42 heavy (non-hydrogen) atoms. The summed E-state index contributed by atoms with van der Waals surface area (Å²) in [7, 11) is 0. The number of hydrogen-bond donors (Lipinski definition) is 0. The Kier molecular flexibility index (Phi) is 9.58. The van der Waals surface area contributed by atoms with Gasteiger partial charge in [-0.05, 0) is 115 Å². The predicted octanol–water partition coefficient (Wildman–Crippen LogP) is 10.4. The Hall–Kier alpha value is -4.10. The third-order valence-corrected chi connectivity index (χ3v) is 7.72. The van der Waals surface area contributed by atoms with Crippen LogP contribution in [0, 0.1) is 0 Å². The third kappa shape index (κ3) is 8.01. The SMILES string of the molecule is C=C(C)c1cccc(C(C)(C)N=C=NC(C)(C)c2cccc(C(C)(C)N=C=NC(C)(C)c3cccc(C(=C)C)c3)c2)c1. The molecule has 3 aromatic rings. The fourth-order valence-corrected chi connectivity index (χ4v) is 4.42. The minimum Gasteiger partial charge on any atom is -0.215 e. The van der Waals surface area contributed by atoms with Gasteiger partial charge in [-0.2, -0.15) is 0 Å². The van der Waals surface area contributed by atoms with E-state index in [1.54, 1.807) is 0 Å². The van der Waals surface area contributed by atoms with E-state index in [0.29, 0.717) is 0 Å². The molecular weight excluding hydrogens is 512 g/mol. The summed E-state index contributed by atoms with van der Waals surface area (Å²) >= 11 is 0. The summed E-state index contributed by atoms with van der Waals surface area (Å²) in [6.07, 6.45) is 0. The first-order chi connectivity index (χ1) is 19.4. The molecular formula is C38H46N4. The Bertz CT molecular complexity index is 1480. The van der Waals surface area contributed by atoms with Crippen molar-refractivity contribution in [3.05, 3.63) is 119 Å². The van der Waals surface area contributed by atoms with Gasteiger partial charge in [0.25, 0.3) is 0 Å². The summed E-state index contributed by atoms with van der Waals surface area (Å²) in [6, 6.07) is 31.1. The first kappa shape index (κ1) is 32.4. The van der Waals surface area contributed by atoms with E-state index in [4.69, 9.17) is 20.0 Å². The Morgan fingerprint density at radius 3 is 1.02 bits per heavy atom. The molecule has 0 aromatic heterocycles. The normalized spacial score (nSPS) is 12.0. The van der Waals surface area contributed by atoms with Crippen molar-refractivity contribution in [2.24, 2.45) is 20.0 Å². The van der Waals surface area contributed by atoms with E-state index in [-0.39, 0.29) is 0 Å². The third-order valence-electron chi connectivity index (χ3n) is 7.72. The lowest BCUT2D eigenvalue weighted by molar-refractivity contribution is 0.532. The molecule has 0 fully saturated rings. The van der Waals surface area contributed by atoms with E-state index in [1.807, 2.05) is 32.0 Å². The van der Waals surface area contributed by atoms with Crippen molar-refractivity contribution >= 4 is 23.2 Å². The highest BCUT2D eigenvalue weighted by molar-refractivity contribution is 5.63. The van der Waals surface area contributed by atoms with Crippen LogP contribution in [0.25, 0.3) is 11.1 Å². The van der Waals surface area contributed by atoms with Crippen molar-refractivity contribution in [1.82, 2.24) is 0 Å². The summed E-state index contributed by atoms with van der Waals surface area (Å²) in [5, 5.41) is 0. The predicted molar refractivity (Wildman–Crippen MR) is 181 cm³/mol. The van der Waals surface area contributed by atoms with Crippen LogP contribution in [-0.2, 0) is 22.2 Å². The van der Waals surface area contributed by atoms with E-state index in [2.05, 4.69) is 135 Å². The fourth-order valence-electron chi connectivity index (χ4n) is 4.42. The molecule has 0 heterocycles. The molecule has 0 aliphatic rings. The molecule has 0 spiro atoms. The zero-order chi connectivity index (χ0) is 31.3. The van der Waals surface area contributed by atoms with Gasteiger partial charge in [0.2, 0.25) is 0 Å². The van der Waals surface area contributed by atoms with Gasteiger partial charge in [-0.1, -0.05) is 85.0 Å². The van der Waals surface area contributed by atoms with Crippen molar-refractivity contribution < 1.29 is 0 Å². The molecule has 3 aromatic carbocycles. The fraction of sp³-hybridized carbons (Fsp3) is 0.368. The first-order valence-electron chi connectivity index (χ1n) is 14.5. The van der Waals surface area contributed by atoms with Gasteiger partial charge < -0.3 is 0 Å². The summed E-state index contributed by atoms with van der Waals surface area (Å²) < 4.78 is 0. The summed E-state index contributed by atoms with van der Waals surface area (Å²) in [5.74, 6) is 0. The Balaban J connectivity index is 1.86. The average Bonchev–Trinajstić information content (AvgIpc) is 2.93. The number of hydrogen-bond acceptors (Lipinski definition) is 4. The maximum atomic E-state index is 4.76. The molecule has 0 N–H and O–H groups in total. The van der Waals surface area contributed by atoms with Crippen LogP contribution in [-0.4, -0.2) is 12.0 Å². The van der Waals surface area contributed by atoms with Gasteiger partial charge in [0.1, 0.15) is 0 Å². The van der Waals surface area contributed by atoms with Crippen molar-refractivity contribution in [2.45, 2.75) is 91.4 Å². The topological polar surface area (TPSA) is 49.4 Å². The zero-order valence-corrected chi connectivity index (χ0v) is 27.1. The van der Waals surface area contributed by atoms with Crippen LogP contribution in [0.2, 0.25) is 0 Å². The maximum Gasteiger partial charge on any atom is 0.0910 e. The lowest BCUT2D eigenvalue weighted by Gasteiger charge is -2.24. The Morgan fingerprint density at radius 2 is 0.738 bits per heavy atom. The number of benzene rings is 3. The number of nitrogens with zero attached hydrogens (tertiary/aromatic N) is 4. The molecule has 0 atom stereocenters. The van der Waals surface area contributed by atoms with Crippen LogP contribution < -0.4 is 0 Å². The van der Waals surface area contributed by atoms with Crippen LogP contribution in [0.4, 0.5) is 0 Å². The largest absolute Gasteiger partial charge is 0.215 e. The van der Waals surface area contributed by atoms with E-state index in [1.165, 1.54) is 0 Å². The van der Waals surface area contributed by atoms with Crippen molar-refractivity contribution in [2.75, 3.05) is 0 Å². The highest BCUT2D eigenvalue weighted by atomic mass is 14.9. The summed E-state index contributed by atoms with van der Waals surface area (Å²) in [5.41, 5.74) is 6.59. The lowest BCUT2D eigenvalue weighted by atomic mass is 9.88. The number of aliphatic imine (C=N–C) groups is 4. The summed E-state index contributed by atoms with van der Waals surface area (Å²) in [4.78, 5) is 19.0. The summed E-state index contributed by atoms with van der Waals surface area (Å²) in [6.45, 7) is 28.7. The van der Waals surface area contributed by atoms with Gasteiger partial charge in [-0.3, -0.25) is 0 Å². The molecule has 0 amide bonds. The molecule has 4 nitrogen and oxygen atoms in total. The molecule has 0 saturated carbocycles. The maximum absolute atomic E-state index is 4.76. The second-order valence-corrected chi connectivity index (χ2v) is 13.2. The molecule has 218 valence electrons. The van der Waals surface area contributed by atoms with Crippen LogP contribution in [0.3, 0.4) is 0 Å².